The third-order valence-corrected chi connectivity index (χ3v) is 4.45. The Morgan fingerprint density at radius 3 is 1.77 bits per heavy atom. The van der Waals surface area contributed by atoms with Crippen molar-refractivity contribution in [3.05, 3.63) is 58.1 Å². The third-order valence-electron chi connectivity index (χ3n) is 3.52. The molecule has 144 valence electrons. The lowest BCUT2D eigenvalue weighted by atomic mass is 9.89. The van der Waals surface area contributed by atoms with Gasteiger partial charge in [-0.2, -0.15) is 0 Å². The molecule has 0 saturated carbocycles. The molecule has 0 aliphatic carbocycles. The first-order chi connectivity index (χ1) is 12.2. The fourth-order valence-electron chi connectivity index (χ4n) is 2.07. The number of alkyl halides is 1. The Bertz CT molecular complexity index is 678. The van der Waals surface area contributed by atoms with Crippen molar-refractivity contribution in [3.63, 3.8) is 0 Å². The van der Waals surface area contributed by atoms with Gasteiger partial charge in [0, 0.05) is 12.4 Å². The van der Waals surface area contributed by atoms with Crippen molar-refractivity contribution < 1.29 is 10.2 Å². The number of pyridine rings is 2. The number of aliphatic hydroxyl groups excluding tert-OH is 2. The van der Waals surface area contributed by atoms with Crippen molar-refractivity contribution in [2.75, 3.05) is 5.88 Å². The summed E-state index contributed by atoms with van der Waals surface area (Å²) in [5, 5.41) is 20.1. The molecule has 2 N–H and O–H groups in total. The van der Waals surface area contributed by atoms with Gasteiger partial charge < -0.3 is 10.2 Å². The maximum atomic E-state index is 9.92. The van der Waals surface area contributed by atoms with Crippen LogP contribution in [0.4, 0.5) is 0 Å². The molecule has 2 heterocycles. The van der Waals surface area contributed by atoms with Crippen molar-refractivity contribution in [2.45, 2.75) is 45.8 Å². The molecule has 0 unspecified atom stereocenters. The Hall–Kier alpha value is -0.910. The lowest BCUT2D eigenvalue weighted by molar-refractivity contribution is 0.143. The Kier molecular flexibility index (Phi) is 9.83. The van der Waals surface area contributed by atoms with Crippen LogP contribution in [0, 0.1) is 5.41 Å². The van der Waals surface area contributed by atoms with Crippen molar-refractivity contribution in [1.82, 2.24) is 9.97 Å². The number of aromatic nitrogens is 2. The first-order valence-corrected chi connectivity index (χ1v) is 9.57. The van der Waals surface area contributed by atoms with E-state index < -0.39 is 12.2 Å². The molecule has 0 aliphatic heterocycles. The van der Waals surface area contributed by atoms with Gasteiger partial charge in [0.2, 0.25) is 0 Å². The van der Waals surface area contributed by atoms with Crippen molar-refractivity contribution in [3.8, 4) is 0 Å². The number of aliphatic hydroxyl groups is 2. The molecule has 0 bridgehead atoms. The fraction of sp³-hybridized carbons (Fsp3) is 0.474. The van der Waals surface area contributed by atoms with Gasteiger partial charge in [0.25, 0.3) is 0 Å². The van der Waals surface area contributed by atoms with E-state index in [0.29, 0.717) is 27.9 Å². The van der Waals surface area contributed by atoms with Crippen LogP contribution in [-0.4, -0.2) is 26.1 Å². The fourth-order valence-corrected chi connectivity index (χ4v) is 2.71. The van der Waals surface area contributed by atoms with Crippen LogP contribution in [0.1, 0.15) is 57.2 Å². The molecule has 0 fully saturated rings. The predicted molar refractivity (Wildman–Crippen MR) is 108 cm³/mol. The van der Waals surface area contributed by atoms with E-state index in [0.717, 1.165) is 6.42 Å². The lowest BCUT2D eigenvalue weighted by Crippen LogP contribution is -2.09. The van der Waals surface area contributed by atoms with E-state index in [-0.39, 0.29) is 11.3 Å². The van der Waals surface area contributed by atoms with Crippen LogP contribution in [0.5, 0.6) is 0 Å². The molecule has 0 radical (unpaired) electrons. The summed E-state index contributed by atoms with van der Waals surface area (Å²) in [5.41, 5.74) is 1.25. The van der Waals surface area contributed by atoms with Crippen LogP contribution in [0.15, 0.2) is 36.7 Å². The topological polar surface area (TPSA) is 66.2 Å². The van der Waals surface area contributed by atoms with Crippen LogP contribution in [0.3, 0.4) is 0 Å². The first-order valence-electron chi connectivity index (χ1n) is 8.28. The second-order valence-electron chi connectivity index (χ2n) is 7.03. The van der Waals surface area contributed by atoms with Gasteiger partial charge in [-0.1, -0.05) is 44.0 Å². The number of rotatable bonds is 5. The number of hydrogen-bond acceptors (Lipinski definition) is 4. The van der Waals surface area contributed by atoms with Crippen LogP contribution < -0.4 is 0 Å². The average molecular weight is 420 g/mol. The molecule has 0 amide bonds. The molecule has 2 aromatic rings. The second kappa shape index (κ2) is 11.1. The first kappa shape index (κ1) is 23.1. The minimum absolute atomic E-state index is 0.108. The summed E-state index contributed by atoms with van der Waals surface area (Å²) >= 11 is 17.1. The Balaban J connectivity index is 0.000000273. The van der Waals surface area contributed by atoms with Crippen LogP contribution in [-0.2, 0) is 0 Å². The maximum Gasteiger partial charge on any atom is 0.111 e. The highest BCUT2D eigenvalue weighted by Crippen LogP contribution is 2.29. The molecule has 2 aromatic heterocycles. The van der Waals surface area contributed by atoms with Crippen molar-refractivity contribution >= 4 is 34.8 Å². The van der Waals surface area contributed by atoms with Gasteiger partial charge in [-0.05, 0) is 42.5 Å². The van der Waals surface area contributed by atoms with E-state index in [1.807, 2.05) is 0 Å². The van der Waals surface area contributed by atoms with Gasteiger partial charge in [-0.15, -0.1) is 11.6 Å². The Labute approximate surface area is 170 Å². The summed E-state index contributed by atoms with van der Waals surface area (Å²) < 4.78 is 0. The lowest BCUT2D eigenvalue weighted by Gasteiger charge is -2.20. The molecule has 7 heteroatoms. The quantitative estimate of drug-likeness (QED) is 0.619. The van der Waals surface area contributed by atoms with Crippen LogP contribution in [0.25, 0.3) is 0 Å². The van der Waals surface area contributed by atoms with Crippen molar-refractivity contribution in [2.24, 2.45) is 5.41 Å². The van der Waals surface area contributed by atoms with Gasteiger partial charge >= 0.3 is 0 Å². The monoisotopic (exact) mass is 418 g/mol. The van der Waals surface area contributed by atoms with E-state index in [9.17, 15) is 10.2 Å². The van der Waals surface area contributed by atoms with Crippen molar-refractivity contribution in [1.29, 1.82) is 0 Å². The standard InChI is InChI=1S/C12H18ClNO.C7H7Cl2NO/c1-12(2,3)7-6-10(15)11-9(13)5-4-8-14-11;8-4-6(11)7-5(9)2-1-3-10-7/h4-5,8,10,15H,6-7H2,1-3H3;1-3,6,11H,4H2/t10-;6-/m00/s1. The summed E-state index contributed by atoms with van der Waals surface area (Å²) in [6.45, 7) is 6.46. The molecule has 0 aromatic carbocycles. The van der Waals surface area contributed by atoms with Gasteiger partial charge in [0.1, 0.15) is 6.10 Å². The molecular formula is C19H25Cl3N2O2. The molecule has 2 rings (SSSR count). The molecule has 26 heavy (non-hydrogen) atoms. The van der Waals surface area contributed by atoms with E-state index in [1.165, 1.54) is 0 Å². The zero-order valence-corrected chi connectivity index (χ0v) is 17.4. The molecule has 0 saturated heterocycles. The second-order valence-corrected chi connectivity index (χ2v) is 8.15. The van der Waals surface area contributed by atoms with E-state index in [1.54, 1.807) is 36.7 Å². The van der Waals surface area contributed by atoms with Gasteiger partial charge in [-0.3, -0.25) is 9.97 Å². The van der Waals surface area contributed by atoms with Crippen LogP contribution in [0.2, 0.25) is 10.0 Å². The molecule has 2 atom stereocenters. The number of halogens is 3. The van der Waals surface area contributed by atoms with Crippen LogP contribution >= 0.6 is 34.8 Å². The Morgan fingerprint density at radius 1 is 0.923 bits per heavy atom. The maximum absolute atomic E-state index is 9.92. The Morgan fingerprint density at radius 2 is 1.38 bits per heavy atom. The summed E-state index contributed by atoms with van der Waals surface area (Å²) in [6, 6.07) is 6.89. The SMILES string of the molecule is CC(C)(C)CC[C@H](O)c1ncccc1Cl.O[C@@H](CCl)c1ncccc1Cl. The van der Waals surface area contributed by atoms with Gasteiger partial charge in [-0.25, -0.2) is 0 Å². The highest BCUT2D eigenvalue weighted by atomic mass is 35.5. The minimum atomic E-state index is -0.773. The summed E-state index contributed by atoms with van der Waals surface area (Å²) in [6.07, 6.45) is 3.53. The molecular weight excluding hydrogens is 395 g/mol. The van der Waals surface area contributed by atoms with E-state index in [4.69, 9.17) is 34.8 Å². The third kappa shape index (κ3) is 8.19. The number of hydrogen-bond donors (Lipinski definition) is 2. The highest BCUT2D eigenvalue weighted by molar-refractivity contribution is 6.31. The highest BCUT2D eigenvalue weighted by Gasteiger charge is 2.17. The molecule has 0 aliphatic rings. The number of nitrogens with zero attached hydrogens (tertiary/aromatic N) is 2. The largest absolute Gasteiger partial charge is 0.387 e. The molecule has 0 spiro atoms. The zero-order valence-electron chi connectivity index (χ0n) is 15.2. The average Bonchev–Trinajstić information content (AvgIpc) is 2.60. The molecule has 4 nitrogen and oxygen atoms in total. The normalized spacial score (nSPS) is 13.5. The zero-order chi connectivity index (χ0) is 19.7. The van der Waals surface area contributed by atoms with E-state index in [2.05, 4.69) is 30.7 Å². The predicted octanol–water partition coefficient (Wildman–Crippen LogP) is 5.60. The summed E-state index contributed by atoms with van der Waals surface area (Å²) in [7, 11) is 0. The summed E-state index contributed by atoms with van der Waals surface area (Å²) in [4.78, 5) is 7.98. The van der Waals surface area contributed by atoms with Gasteiger partial charge in [0.15, 0.2) is 0 Å². The van der Waals surface area contributed by atoms with E-state index >= 15 is 0 Å². The summed E-state index contributed by atoms with van der Waals surface area (Å²) in [5.74, 6) is 0.108. The smallest absolute Gasteiger partial charge is 0.111 e. The minimum Gasteiger partial charge on any atom is -0.387 e. The van der Waals surface area contributed by atoms with Gasteiger partial charge in [0.05, 0.1) is 33.4 Å².